The second-order valence-corrected chi connectivity index (χ2v) is 6.77. The molecule has 0 amide bonds. The monoisotopic (exact) mass is 373 g/mol. The first kappa shape index (κ1) is 17.0. The highest BCUT2D eigenvalue weighted by molar-refractivity contribution is 7.99. The molecular weight excluding hydrogens is 357 g/mol. The largest absolute Gasteiger partial charge is 0.355 e. The van der Waals surface area contributed by atoms with Gasteiger partial charge in [-0.15, -0.1) is 0 Å². The maximum atomic E-state index is 13.8. The number of nitrogens with zero attached hydrogens (tertiary/aromatic N) is 1. The number of fused-ring (bicyclic) bond motifs is 6. The average molecular weight is 373 g/mol. The fourth-order valence-electron chi connectivity index (χ4n) is 3.07. The Bertz CT molecular complexity index is 1170. The van der Waals surface area contributed by atoms with Crippen molar-refractivity contribution in [1.29, 1.82) is 0 Å². The zero-order chi connectivity index (χ0) is 18.3. The summed E-state index contributed by atoms with van der Waals surface area (Å²) in [5, 5.41) is 3.10. The number of imidazole rings is 1. The van der Waals surface area contributed by atoms with Gasteiger partial charge in [0, 0.05) is 36.6 Å². The summed E-state index contributed by atoms with van der Waals surface area (Å²) < 4.78 is 24.2. The van der Waals surface area contributed by atoms with Crippen LogP contribution in [0.4, 0.5) is 4.39 Å². The number of rotatable bonds is 5. The summed E-state index contributed by atoms with van der Waals surface area (Å²) in [6, 6.07) is 6.20. The molecule has 134 valence electrons. The molecule has 2 heterocycles. The molecule has 0 saturated heterocycles. The van der Waals surface area contributed by atoms with Crippen LogP contribution in [0, 0.1) is 5.82 Å². The lowest BCUT2D eigenvalue weighted by molar-refractivity contribution is -0.0842. The number of halogens is 1. The van der Waals surface area contributed by atoms with E-state index in [1.54, 1.807) is 32.5 Å². The molecule has 8 heteroatoms. The van der Waals surface area contributed by atoms with Crippen LogP contribution in [0.5, 0.6) is 0 Å². The lowest BCUT2D eigenvalue weighted by Gasteiger charge is -2.10. The Labute approximate surface area is 151 Å². The zero-order valence-corrected chi connectivity index (χ0v) is 14.9. The summed E-state index contributed by atoms with van der Waals surface area (Å²) in [7, 11) is 3.16. The molecular formula is C18H16FN3O3S. The third kappa shape index (κ3) is 2.76. The van der Waals surface area contributed by atoms with Crippen molar-refractivity contribution >= 4 is 44.3 Å². The normalized spacial score (nSPS) is 12.0. The first-order chi connectivity index (χ1) is 12.6. The van der Waals surface area contributed by atoms with Gasteiger partial charge in [-0.3, -0.25) is 4.79 Å². The molecule has 0 bridgehead atoms. The molecule has 4 aromatic rings. The molecule has 0 atom stereocenters. The second kappa shape index (κ2) is 6.71. The Hall–Kier alpha value is -2.42. The van der Waals surface area contributed by atoms with Crippen LogP contribution in [0.3, 0.4) is 0 Å². The number of hydrogen-bond acceptors (Lipinski definition) is 5. The summed E-state index contributed by atoms with van der Waals surface area (Å²) in [4.78, 5) is 23.0. The lowest BCUT2D eigenvalue weighted by atomic mass is 10.0. The minimum absolute atomic E-state index is 0.261. The fraction of sp³-hybridized carbons (Fsp3) is 0.222. The van der Waals surface area contributed by atoms with Gasteiger partial charge in [0.1, 0.15) is 5.82 Å². The van der Waals surface area contributed by atoms with Crippen LogP contribution < -0.4 is 5.56 Å². The average Bonchev–Trinajstić information content (AvgIpc) is 3.07. The quantitative estimate of drug-likeness (QED) is 0.318. The molecule has 0 spiro atoms. The van der Waals surface area contributed by atoms with E-state index in [0.717, 1.165) is 10.9 Å². The Morgan fingerprint density at radius 1 is 1.19 bits per heavy atom. The van der Waals surface area contributed by atoms with E-state index in [-0.39, 0.29) is 11.8 Å². The smallest absolute Gasteiger partial charge is 0.256 e. The number of pyridine rings is 1. The minimum Gasteiger partial charge on any atom is -0.355 e. The summed E-state index contributed by atoms with van der Waals surface area (Å²) in [6.07, 6.45) is 1.23. The SMILES string of the molecule is COC(CSc1nc2c3ccc(F)cc3c3c(=O)[nH]ccc3c2[nH]1)OC. The number of aromatic nitrogens is 3. The Morgan fingerprint density at radius 3 is 2.77 bits per heavy atom. The third-order valence-corrected chi connectivity index (χ3v) is 5.21. The van der Waals surface area contributed by atoms with Gasteiger partial charge in [-0.2, -0.15) is 0 Å². The lowest BCUT2D eigenvalue weighted by Crippen LogP contribution is -2.15. The Morgan fingerprint density at radius 2 is 2.00 bits per heavy atom. The van der Waals surface area contributed by atoms with Gasteiger partial charge in [0.2, 0.25) is 0 Å². The maximum absolute atomic E-state index is 13.8. The Kier molecular flexibility index (Phi) is 4.39. The van der Waals surface area contributed by atoms with Crippen molar-refractivity contribution in [2.24, 2.45) is 0 Å². The molecule has 2 aromatic heterocycles. The molecule has 0 unspecified atom stereocenters. The number of methoxy groups -OCH3 is 2. The molecule has 2 aromatic carbocycles. The van der Waals surface area contributed by atoms with E-state index < -0.39 is 5.82 Å². The summed E-state index contributed by atoms with van der Waals surface area (Å²) in [5.74, 6) is 0.160. The van der Waals surface area contributed by atoms with Gasteiger partial charge in [0.25, 0.3) is 5.56 Å². The minimum atomic E-state index is -0.394. The molecule has 0 fully saturated rings. The standard InChI is InChI=1S/C18H16FN3O3S/c1-24-13(25-2)8-26-18-21-15-10-4-3-9(19)7-12(10)14-11(16(15)22-18)5-6-20-17(14)23/h3-7,13H,8H2,1-2H3,(H,20,23)(H,21,22). The van der Waals surface area contributed by atoms with Crippen molar-refractivity contribution < 1.29 is 13.9 Å². The van der Waals surface area contributed by atoms with Crippen LogP contribution in [0.2, 0.25) is 0 Å². The highest BCUT2D eigenvalue weighted by Gasteiger charge is 2.16. The van der Waals surface area contributed by atoms with Crippen molar-refractivity contribution in [3.63, 3.8) is 0 Å². The molecule has 6 nitrogen and oxygen atoms in total. The van der Waals surface area contributed by atoms with E-state index in [4.69, 9.17) is 9.47 Å². The van der Waals surface area contributed by atoms with Gasteiger partial charge in [-0.25, -0.2) is 9.37 Å². The maximum Gasteiger partial charge on any atom is 0.256 e. The fourth-order valence-corrected chi connectivity index (χ4v) is 3.97. The highest BCUT2D eigenvalue weighted by atomic mass is 32.2. The summed E-state index contributed by atoms with van der Waals surface area (Å²) in [5.41, 5.74) is 1.19. The molecule has 0 aliphatic rings. The van der Waals surface area contributed by atoms with Crippen LogP contribution >= 0.6 is 11.8 Å². The van der Waals surface area contributed by atoms with E-state index >= 15 is 0 Å². The molecule has 2 N–H and O–H groups in total. The molecule has 0 saturated carbocycles. The summed E-state index contributed by atoms with van der Waals surface area (Å²) in [6.45, 7) is 0. The number of nitrogens with one attached hydrogen (secondary N) is 2. The van der Waals surface area contributed by atoms with Crippen molar-refractivity contribution in [2.45, 2.75) is 11.4 Å². The van der Waals surface area contributed by atoms with E-state index in [1.807, 2.05) is 0 Å². The van der Waals surface area contributed by atoms with Crippen LogP contribution in [-0.4, -0.2) is 41.2 Å². The third-order valence-electron chi connectivity index (χ3n) is 4.30. The van der Waals surface area contributed by atoms with Crippen molar-refractivity contribution in [3.05, 3.63) is 46.6 Å². The molecule has 4 rings (SSSR count). The Balaban J connectivity index is 1.97. The van der Waals surface area contributed by atoms with Gasteiger partial charge in [-0.1, -0.05) is 11.8 Å². The number of aromatic amines is 2. The van der Waals surface area contributed by atoms with Crippen molar-refractivity contribution in [2.75, 3.05) is 20.0 Å². The predicted octanol–water partition coefficient (Wildman–Crippen LogP) is 3.41. The van der Waals surface area contributed by atoms with Crippen LogP contribution in [-0.2, 0) is 9.47 Å². The van der Waals surface area contributed by atoms with Crippen LogP contribution in [0.25, 0.3) is 32.6 Å². The number of benzene rings is 2. The van der Waals surface area contributed by atoms with Crippen molar-refractivity contribution in [1.82, 2.24) is 15.0 Å². The number of hydrogen-bond donors (Lipinski definition) is 2. The van der Waals surface area contributed by atoms with E-state index in [0.29, 0.717) is 32.6 Å². The predicted molar refractivity (Wildman–Crippen MR) is 100 cm³/mol. The summed E-state index contributed by atoms with van der Waals surface area (Å²) >= 11 is 1.45. The van der Waals surface area contributed by atoms with E-state index in [9.17, 15) is 9.18 Å². The van der Waals surface area contributed by atoms with Gasteiger partial charge in [0.15, 0.2) is 11.4 Å². The highest BCUT2D eigenvalue weighted by Crippen LogP contribution is 2.34. The van der Waals surface area contributed by atoms with Crippen molar-refractivity contribution in [3.8, 4) is 0 Å². The van der Waals surface area contributed by atoms with Gasteiger partial charge >= 0.3 is 0 Å². The molecule has 26 heavy (non-hydrogen) atoms. The first-order valence-electron chi connectivity index (χ1n) is 7.93. The number of thioether (sulfide) groups is 1. The topological polar surface area (TPSA) is 80.0 Å². The molecule has 0 radical (unpaired) electrons. The van der Waals surface area contributed by atoms with Crippen LogP contribution in [0.1, 0.15) is 0 Å². The zero-order valence-electron chi connectivity index (χ0n) is 14.1. The van der Waals surface area contributed by atoms with Gasteiger partial charge in [-0.05, 0) is 24.3 Å². The van der Waals surface area contributed by atoms with Gasteiger partial charge in [0.05, 0.1) is 22.2 Å². The molecule has 0 aliphatic carbocycles. The first-order valence-corrected chi connectivity index (χ1v) is 8.91. The number of H-pyrrole nitrogens is 2. The van der Waals surface area contributed by atoms with Gasteiger partial charge < -0.3 is 19.4 Å². The van der Waals surface area contributed by atoms with E-state index in [2.05, 4.69) is 15.0 Å². The van der Waals surface area contributed by atoms with Crippen LogP contribution in [0.15, 0.2) is 40.4 Å². The molecule has 0 aliphatic heterocycles. The van der Waals surface area contributed by atoms with E-state index in [1.165, 1.54) is 23.9 Å². The number of ether oxygens (including phenoxy) is 2. The second-order valence-electron chi connectivity index (χ2n) is 5.76.